The van der Waals surface area contributed by atoms with Crippen LogP contribution in [0.25, 0.3) is 5.69 Å². The molecule has 0 unspecified atom stereocenters. The number of amides is 1. The zero-order valence-corrected chi connectivity index (χ0v) is 19.9. The molecule has 0 spiro atoms. The summed E-state index contributed by atoms with van der Waals surface area (Å²) in [5.74, 6) is -0.522. The van der Waals surface area contributed by atoms with Crippen molar-refractivity contribution in [2.75, 3.05) is 25.0 Å². The van der Waals surface area contributed by atoms with Crippen LogP contribution in [-0.4, -0.2) is 48.1 Å². The minimum absolute atomic E-state index is 0.0340. The van der Waals surface area contributed by atoms with Crippen LogP contribution in [0.2, 0.25) is 0 Å². The fourth-order valence-corrected chi connectivity index (χ4v) is 5.71. The Morgan fingerprint density at radius 1 is 1.12 bits per heavy atom. The Bertz CT molecular complexity index is 1280. The number of nitrogens with one attached hydrogen (secondary N) is 1. The summed E-state index contributed by atoms with van der Waals surface area (Å²) in [4.78, 5) is 13.1. The van der Waals surface area contributed by atoms with Crippen LogP contribution in [-0.2, 0) is 16.4 Å². The maximum absolute atomic E-state index is 13.3. The Morgan fingerprint density at radius 2 is 1.82 bits per heavy atom. The van der Waals surface area contributed by atoms with Crippen LogP contribution in [0.3, 0.4) is 0 Å². The molecule has 34 heavy (non-hydrogen) atoms. The molecule has 4 rings (SSSR count). The Balaban J connectivity index is 1.64. The predicted molar refractivity (Wildman–Crippen MR) is 126 cm³/mol. The van der Waals surface area contributed by atoms with Crippen molar-refractivity contribution < 1.29 is 22.3 Å². The van der Waals surface area contributed by atoms with E-state index in [1.54, 1.807) is 35.9 Å². The third kappa shape index (κ3) is 4.69. The van der Waals surface area contributed by atoms with E-state index in [9.17, 15) is 17.6 Å². The molecular formula is C24H27FN4O4S. The quantitative estimate of drug-likeness (QED) is 0.519. The molecular weight excluding hydrogens is 459 g/mol. The van der Waals surface area contributed by atoms with Crippen LogP contribution in [0.1, 0.15) is 42.7 Å². The number of benzene rings is 2. The summed E-state index contributed by atoms with van der Waals surface area (Å²) in [6.07, 6.45) is 3.60. The van der Waals surface area contributed by atoms with E-state index in [4.69, 9.17) is 4.74 Å². The Kier molecular flexibility index (Phi) is 6.99. The number of aromatic nitrogens is 2. The van der Waals surface area contributed by atoms with Crippen molar-refractivity contribution in [3.05, 3.63) is 65.7 Å². The molecule has 10 heteroatoms. The topological polar surface area (TPSA) is 93.5 Å². The number of anilines is 1. The molecule has 1 saturated heterocycles. The van der Waals surface area contributed by atoms with E-state index in [-0.39, 0.29) is 16.5 Å². The molecule has 1 fully saturated rings. The van der Waals surface area contributed by atoms with E-state index < -0.39 is 15.9 Å². The minimum atomic E-state index is -3.75. The Labute approximate surface area is 198 Å². The largest absolute Gasteiger partial charge is 0.492 e. The van der Waals surface area contributed by atoms with Crippen LogP contribution < -0.4 is 10.1 Å². The molecule has 180 valence electrons. The third-order valence-corrected chi connectivity index (χ3v) is 7.62. The van der Waals surface area contributed by atoms with Gasteiger partial charge in [0.1, 0.15) is 16.5 Å². The second-order valence-electron chi connectivity index (χ2n) is 7.91. The van der Waals surface area contributed by atoms with Gasteiger partial charge in [0.2, 0.25) is 10.0 Å². The summed E-state index contributed by atoms with van der Waals surface area (Å²) in [7, 11) is -3.75. The average Bonchev–Trinajstić information content (AvgIpc) is 3.51. The number of carbonyl (C=O) groups is 1. The highest BCUT2D eigenvalue weighted by atomic mass is 32.2. The Morgan fingerprint density at radius 3 is 2.47 bits per heavy atom. The van der Waals surface area contributed by atoms with Gasteiger partial charge in [-0.05, 0) is 68.7 Å². The van der Waals surface area contributed by atoms with Crippen LogP contribution in [0.15, 0.2) is 53.6 Å². The zero-order valence-electron chi connectivity index (χ0n) is 19.1. The normalized spacial score (nSPS) is 14.3. The summed E-state index contributed by atoms with van der Waals surface area (Å²) in [6.45, 7) is 4.93. The molecule has 2 aromatic carbocycles. The summed E-state index contributed by atoms with van der Waals surface area (Å²) >= 11 is 0. The maximum Gasteiger partial charge on any atom is 0.259 e. The molecule has 8 nitrogen and oxygen atoms in total. The van der Waals surface area contributed by atoms with Gasteiger partial charge in [-0.2, -0.15) is 9.40 Å². The number of hydrogen-bond donors (Lipinski definition) is 1. The van der Waals surface area contributed by atoms with E-state index in [0.717, 1.165) is 12.8 Å². The highest BCUT2D eigenvalue weighted by molar-refractivity contribution is 7.89. The van der Waals surface area contributed by atoms with Crippen LogP contribution in [0, 0.1) is 5.82 Å². The minimum Gasteiger partial charge on any atom is -0.492 e. The van der Waals surface area contributed by atoms with Crippen molar-refractivity contribution in [2.45, 2.75) is 38.0 Å². The van der Waals surface area contributed by atoms with Gasteiger partial charge in [-0.3, -0.25) is 4.79 Å². The summed E-state index contributed by atoms with van der Waals surface area (Å²) in [6, 6.07) is 10.5. The van der Waals surface area contributed by atoms with Crippen LogP contribution in [0.4, 0.5) is 10.1 Å². The molecule has 3 aromatic rings. The SMILES string of the molecule is CCOc1ccc(NC(=O)c2cnn(-c3ccc(F)cc3)c2CC)cc1S(=O)(=O)N1CCCC1. The molecule has 1 aromatic heterocycles. The number of carbonyl (C=O) groups excluding carboxylic acids is 1. The monoisotopic (exact) mass is 486 g/mol. The lowest BCUT2D eigenvalue weighted by atomic mass is 10.1. The van der Waals surface area contributed by atoms with E-state index in [1.807, 2.05) is 6.92 Å². The van der Waals surface area contributed by atoms with Gasteiger partial charge in [0.15, 0.2) is 0 Å². The molecule has 0 bridgehead atoms. The average molecular weight is 487 g/mol. The van der Waals surface area contributed by atoms with Crippen molar-refractivity contribution in [3.8, 4) is 11.4 Å². The van der Waals surface area contributed by atoms with Gasteiger partial charge in [-0.25, -0.2) is 17.5 Å². The lowest BCUT2D eigenvalue weighted by Crippen LogP contribution is -2.28. The number of hydrogen-bond acceptors (Lipinski definition) is 5. The first kappa shape index (κ1) is 23.9. The van der Waals surface area contributed by atoms with Gasteiger partial charge in [-0.1, -0.05) is 6.92 Å². The fraction of sp³-hybridized carbons (Fsp3) is 0.333. The standard InChI is InChI=1S/C24H27FN4O4S/c1-3-21-20(16-26-29(21)19-10-7-17(25)8-11-19)24(30)27-18-9-12-22(33-4-2)23(15-18)34(31,32)28-13-5-6-14-28/h7-12,15-16H,3-6,13-14H2,1-2H3,(H,27,30). The molecule has 1 aliphatic rings. The first-order valence-electron chi connectivity index (χ1n) is 11.3. The molecule has 1 N–H and O–H groups in total. The first-order valence-corrected chi connectivity index (χ1v) is 12.7. The number of ether oxygens (including phenoxy) is 1. The van der Waals surface area contributed by atoms with Crippen molar-refractivity contribution in [1.29, 1.82) is 0 Å². The number of halogens is 1. The van der Waals surface area contributed by atoms with Crippen molar-refractivity contribution in [1.82, 2.24) is 14.1 Å². The van der Waals surface area contributed by atoms with Crippen molar-refractivity contribution in [2.24, 2.45) is 0 Å². The molecule has 1 amide bonds. The second-order valence-corrected chi connectivity index (χ2v) is 9.81. The van der Waals surface area contributed by atoms with E-state index >= 15 is 0 Å². The highest BCUT2D eigenvalue weighted by Gasteiger charge is 2.30. The fourth-order valence-electron chi connectivity index (χ4n) is 4.04. The van der Waals surface area contributed by atoms with Gasteiger partial charge in [-0.15, -0.1) is 0 Å². The third-order valence-electron chi connectivity index (χ3n) is 5.70. The lowest BCUT2D eigenvalue weighted by molar-refractivity contribution is 0.102. The lowest BCUT2D eigenvalue weighted by Gasteiger charge is -2.19. The molecule has 1 aliphatic heterocycles. The first-order chi connectivity index (χ1) is 16.3. The predicted octanol–water partition coefficient (Wildman–Crippen LogP) is 4.01. The van der Waals surface area contributed by atoms with E-state index in [2.05, 4.69) is 10.4 Å². The van der Waals surface area contributed by atoms with Crippen LogP contribution >= 0.6 is 0 Å². The molecule has 2 heterocycles. The summed E-state index contributed by atoms with van der Waals surface area (Å²) < 4.78 is 48.3. The van der Waals surface area contributed by atoms with Crippen LogP contribution in [0.5, 0.6) is 5.75 Å². The summed E-state index contributed by atoms with van der Waals surface area (Å²) in [5.41, 5.74) is 1.98. The van der Waals surface area contributed by atoms with Gasteiger partial charge in [0, 0.05) is 18.8 Å². The number of nitrogens with zero attached hydrogens (tertiary/aromatic N) is 3. The Hall–Kier alpha value is -3.24. The second kappa shape index (κ2) is 9.94. The zero-order chi connectivity index (χ0) is 24.3. The van der Waals surface area contributed by atoms with Gasteiger partial charge in [0.05, 0.1) is 29.7 Å². The molecule has 0 saturated carbocycles. The van der Waals surface area contributed by atoms with Crippen molar-refractivity contribution in [3.63, 3.8) is 0 Å². The maximum atomic E-state index is 13.3. The number of rotatable bonds is 8. The molecule has 0 radical (unpaired) electrons. The molecule has 0 atom stereocenters. The summed E-state index contributed by atoms with van der Waals surface area (Å²) in [5, 5.41) is 7.10. The molecule has 0 aliphatic carbocycles. The van der Waals surface area contributed by atoms with Gasteiger partial charge >= 0.3 is 0 Å². The van der Waals surface area contributed by atoms with E-state index in [0.29, 0.717) is 48.7 Å². The highest BCUT2D eigenvalue weighted by Crippen LogP contribution is 2.32. The smallest absolute Gasteiger partial charge is 0.259 e. The van der Waals surface area contributed by atoms with Gasteiger partial charge in [0.25, 0.3) is 5.91 Å². The van der Waals surface area contributed by atoms with Crippen molar-refractivity contribution >= 4 is 21.6 Å². The van der Waals surface area contributed by atoms with E-state index in [1.165, 1.54) is 28.7 Å². The number of sulfonamides is 1. The van der Waals surface area contributed by atoms with Gasteiger partial charge < -0.3 is 10.1 Å².